The van der Waals surface area contributed by atoms with E-state index >= 15 is 0 Å². The number of hydrogen-bond acceptors (Lipinski definition) is 9. The fourth-order valence-corrected chi connectivity index (χ4v) is 8.26. The highest BCUT2D eigenvalue weighted by Crippen LogP contribution is 2.40. The van der Waals surface area contributed by atoms with Crippen LogP contribution in [0, 0.1) is 5.92 Å². The van der Waals surface area contributed by atoms with Gasteiger partial charge in [0.05, 0.1) is 58.5 Å². The zero-order valence-electron chi connectivity index (χ0n) is 27.7. The molecule has 3 aromatic heterocycles. The van der Waals surface area contributed by atoms with E-state index in [-0.39, 0.29) is 24.1 Å². The van der Waals surface area contributed by atoms with Gasteiger partial charge < -0.3 is 24.6 Å². The number of likely N-dealkylation sites (tertiary alicyclic amines) is 1. The third-order valence-electron chi connectivity index (χ3n) is 8.90. The summed E-state index contributed by atoms with van der Waals surface area (Å²) in [5, 5.41) is 9.17. The Balaban J connectivity index is 1.21. The number of carbonyl (C=O) groups is 2. The predicted octanol–water partition coefficient (Wildman–Crippen LogP) is 5.12. The minimum Gasteiger partial charge on any atom is -0.379 e. The molecule has 246 valence electrons. The number of hydrogen-bond donors (Lipinski definition) is 1. The van der Waals surface area contributed by atoms with Gasteiger partial charge in [-0.15, -0.1) is 11.3 Å². The summed E-state index contributed by atoms with van der Waals surface area (Å²) in [5.74, 6) is -0.956. The second kappa shape index (κ2) is 13.1. The van der Waals surface area contributed by atoms with Crippen molar-refractivity contribution in [3.05, 3.63) is 47.4 Å². The van der Waals surface area contributed by atoms with Crippen molar-refractivity contribution in [1.29, 1.82) is 0 Å². The van der Waals surface area contributed by atoms with Gasteiger partial charge in [0.25, 0.3) is 0 Å². The van der Waals surface area contributed by atoms with Crippen LogP contribution in [0.25, 0.3) is 21.1 Å². The summed E-state index contributed by atoms with van der Waals surface area (Å²) >= 11 is 1.72. The molecule has 0 aliphatic carbocycles. The molecule has 2 fully saturated rings. The molecule has 2 saturated heterocycles. The lowest BCUT2D eigenvalue weighted by molar-refractivity contribution is -0.146. The largest absolute Gasteiger partial charge is 0.379 e. The minimum atomic E-state index is -1.23. The number of piperidine rings is 1. The zero-order valence-corrected chi connectivity index (χ0v) is 29.5. The number of nitrogens with one attached hydrogen (secondary N) is 1. The quantitative estimate of drug-likeness (QED) is 0.141. The lowest BCUT2D eigenvalue weighted by Gasteiger charge is -2.41. The lowest BCUT2D eigenvalue weighted by Crippen LogP contribution is -2.53. The Labute approximate surface area is 275 Å². The minimum absolute atomic E-state index is 0.0824. The van der Waals surface area contributed by atoms with Crippen molar-refractivity contribution in [3.63, 3.8) is 0 Å². The molecule has 1 N–H and O–H groups in total. The molecule has 5 heterocycles. The molecule has 2 aliphatic rings. The third-order valence-corrected chi connectivity index (χ3v) is 11.9. The number of fused-ring (bicyclic) bond motifs is 2. The van der Waals surface area contributed by atoms with Crippen molar-refractivity contribution in [2.75, 3.05) is 52.3 Å². The van der Waals surface area contributed by atoms with E-state index in [0.29, 0.717) is 37.6 Å². The second-order valence-electron chi connectivity index (χ2n) is 14.5. The Morgan fingerprint density at radius 3 is 2.70 bits per heavy atom. The first kappa shape index (κ1) is 32.7. The van der Waals surface area contributed by atoms with Gasteiger partial charge in [0, 0.05) is 39.4 Å². The molecular formula is C33H45N7O4SSi. The molecule has 2 aliphatic heterocycles. The van der Waals surface area contributed by atoms with Crippen LogP contribution in [-0.4, -0.2) is 96.4 Å². The molecular weight excluding hydrogens is 619 g/mol. The smallest absolute Gasteiger partial charge is 0.314 e. The van der Waals surface area contributed by atoms with Crippen molar-refractivity contribution < 1.29 is 19.1 Å². The summed E-state index contributed by atoms with van der Waals surface area (Å²) in [7, 11) is 2.93. The van der Waals surface area contributed by atoms with E-state index in [1.807, 2.05) is 0 Å². The topological polar surface area (TPSA) is 115 Å². The first-order valence-corrected chi connectivity index (χ1v) is 20.6. The van der Waals surface area contributed by atoms with E-state index in [4.69, 9.17) is 14.5 Å². The summed E-state index contributed by atoms with van der Waals surface area (Å²) in [6.07, 6.45) is 6.71. The normalized spacial score (nSPS) is 19.9. The molecule has 0 bridgehead atoms. The maximum atomic E-state index is 13.9. The highest BCUT2D eigenvalue weighted by Gasteiger charge is 2.44. The molecule has 0 spiro atoms. The number of pyridine rings is 1. The number of thiazole rings is 1. The number of ether oxygens (including phenoxy) is 2. The molecule has 6 rings (SSSR count). The van der Waals surface area contributed by atoms with Crippen molar-refractivity contribution in [2.24, 2.45) is 5.92 Å². The fraction of sp³-hybridized carbons (Fsp3) is 0.545. The van der Waals surface area contributed by atoms with Gasteiger partial charge in [0.15, 0.2) is 0 Å². The first-order chi connectivity index (χ1) is 21.9. The standard InChI is InChI=1S/C33H45N7O4SSi/c1-22-7-9-27(23-8-10-28-25(13-23)37-32(45-28)33(18-38(2)3)19-44-20-33)39(17-22)31(42)30(41)36-26-16-34-14-24-15-35-40(29(24)26)21-43-11-12-46(4,5)6/h8,10,13-16,22,27H,7,9,11-12,17-21H2,1-6H3,(H,36,41)/t22-,27+/m0/s1. The number of amides is 2. The van der Waals surface area contributed by atoms with Gasteiger partial charge in [-0.25, -0.2) is 9.67 Å². The molecule has 2 atom stereocenters. The number of nitrogens with zero attached hydrogens (tertiary/aromatic N) is 6. The Bertz CT molecular complexity index is 1730. The van der Waals surface area contributed by atoms with Crippen LogP contribution in [0.2, 0.25) is 25.7 Å². The molecule has 2 amide bonds. The Morgan fingerprint density at radius 2 is 1.98 bits per heavy atom. The van der Waals surface area contributed by atoms with E-state index in [1.54, 1.807) is 39.5 Å². The first-order valence-electron chi connectivity index (χ1n) is 16.1. The number of rotatable bonds is 10. The summed E-state index contributed by atoms with van der Waals surface area (Å²) in [4.78, 5) is 40.7. The Kier molecular flexibility index (Phi) is 9.32. The van der Waals surface area contributed by atoms with Crippen LogP contribution in [-0.2, 0) is 31.2 Å². The van der Waals surface area contributed by atoms with Crippen LogP contribution in [0.4, 0.5) is 5.69 Å². The maximum Gasteiger partial charge on any atom is 0.314 e. The van der Waals surface area contributed by atoms with Gasteiger partial charge in [0.2, 0.25) is 0 Å². The zero-order chi connectivity index (χ0) is 32.6. The fourth-order valence-electron chi connectivity index (χ4n) is 6.41. The average Bonchev–Trinajstić information content (AvgIpc) is 3.60. The summed E-state index contributed by atoms with van der Waals surface area (Å²) in [6, 6.07) is 7.12. The van der Waals surface area contributed by atoms with Crippen molar-refractivity contribution in [1.82, 2.24) is 29.5 Å². The van der Waals surface area contributed by atoms with Gasteiger partial charge >= 0.3 is 11.8 Å². The van der Waals surface area contributed by atoms with Crippen LogP contribution in [0.5, 0.6) is 0 Å². The molecule has 0 saturated carbocycles. The average molecular weight is 664 g/mol. The van der Waals surface area contributed by atoms with Crippen molar-refractivity contribution in [3.8, 4) is 0 Å². The number of carbonyl (C=O) groups excluding carboxylic acids is 2. The van der Waals surface area contributed by atoms with E-state index in [1.165, 1.54) is 0 Å². The van der Waals surface area contributed by atoms with Gasteiger partial charge in [-0.1, -0.05) is 32.6 Å². The van der Waals surface area contributed by atoms with Crippen LogP contribution in [0.3, 0.4) is 0 Å². The van der Waals surface area contributed by atoms with Crippen LogP contribution in [0.1, 0.15) is 36.4 Å². The number of anilines is 1. The number of aromatic nitrogens is 4. The molecule has 0 radical (unpaired) electrons. The SMILES string of the molecule is C[C@H]1CC[C@H](c2ccc3sc(C4(CN(C)C)COC4)nc3c2)N(C(=O)C(=O)Nc2cncc3cnn(COCC[Si](C)(C)C)c23)C1. The third kappa shape index (κ3) is 6.88. The number of likely N-dealkylation sites (N-methyl/N-ethyl adjacent to an activating group) is 1. The summed E-state index contributed by atoms with van der Waals surface area (Å²) in [5.41, 5.74) is 2.96. The maximum absolute atomic E-state index is 13.9. The van der Waals surface area contributed by atoms with Gasteiger partial charge in [0.1, 0.15) is 11.7 Å². The van der Waals surface area contributed by atoms with Gasteiger partial charge in [-0.3, -0.25) is 14.6 Å². The van der Waals surface area contributed by atoms with Crippen molar-refractivity contribution >= 4 is 58.0 Å². The van der Waals surface area contributed by atoms with Crippen LogP contribution < -0.4 is 5.32 Å². The summed E-state index contributed by atoms with van der Waals surface area (Å²) in [6.45, 7) is 12.7. The van der Waals surface area contributed by atoms with Crippen molar-refractivity contribution in [2.45, 2.75) is 63.6 Å². The van der Waals surface area contributed by atoms with Gasteiger partial charge in [-0.2, -0.15) is 5.10 Å². The lowest BCUT2D eigenvalue weighted by atomic mass is 9.86. The summed E-state index contributed by atoms with van der Waals surface area (Å²) < 4.78 is 14.4. The Hall–Kier alpha value is -3.23. The van der Waals surface area contributed by atoms with Crippen LogP contribution in [0.15, 0.2) is 36.8 Å². The molecule has 11 nitrogen and oxygen atoms in total. The van der Waals surface area contributed by atoms with E-state index < -0.39 is 19.9 Å². The molecule has 13 heteroatoms. The second-order valence-corrected chi connectivity index (χ2v) is 21.1. The molecule has 4 aromatic rings. The van der Waals surface area contributed by atoms with E-state index in [0.717, 1.165) is 51.6 Å². The molecule has 0 unspecified atom stereocenters. The number of benzene rings is 1. The van der Waals surface area contributed by atoms with Gasteiger partial charge in [-0.05, 0) is 56.6 Å². The highest BCUT2D eigenvalue weighted by atomic mass is 32.1. The van der Waals surface area contributed by atoms with Crippen LogP contribution >= 0.6 is 11.3 Å². The molecule has 1 aromatic carbocycles. The predicted molar refractivity (Wildman–Crippen MR) is 184 cm³/mol. The Morgan fingerprint density at radius 1 is 1.17 bits per heavy atom. The molecule has 46 heavy (non-hydrogen) atoms. The highest BCUT2D eigenvalue weighted by molar-refractivity contribution is 7.18. The monoisotopic (exact) mass is 663 g/mol. The van der Waals surface area contributed by atoms with E-state index in [2.05, 4.69) is 79.2 Å². The van der Waals surface area contributed by atoms with E-state index in [9.17, 15) is 9.59 Å².